The number of aromatic nitrogens is 3. The molecule has 1 aliphatic carbocycles. The Morgan fingerprint density at radius 2 is 1.97 bits per heavy atom. The highest BCUT2D eigenvalue weighted by atomic mass is 16.3. The molecule has 2 aromatic heterocycles. The Hall–Kier alpha value is -3.58. The lowest BCUT2D eigenvalue weighted by Gasteiger charge is -2.39. The van der Waals surface area contributed by atoms with Gasteiger partial charge < -0.3 is 20.6 Å². The number of carbonyl (C=O) groups is 2. The summed E-state index contributed by atoms with van der Waals surface area (Å²) in [7, 11) is 3.31. The van der Waals surface area contributed by atoms with Crippen LogP contribution in [0.5, 0.6) is 0 Å². The third-order valence-electron chi connectivity index (χ3n) is 5.12. The Balaban J connectivity index is 1.73. The van der Waals surface area contributed by atoms with Crippen LogP contribution in [0.4, 0.5) is 11.5 Å². The fourth-order valence-corrected chi connectivity index (χ4v) is 3.44. The molecule has 162 valence electrons. The number of hydrogen-bond acceptors (Lipinski definition) is 8. The van der Waals surface area contributed by atoms with Crippen LogP contribution in [0.1, 0.15) is 32.4 Å². The van der Waals surface area contributed by atoms with Crippen molar-refractivity contribution in [1.29, 1.82) is 5.26 Å². The third kappa shape index (κ3) is 5.13. The van der Waals surface area contributed by atoms with Gasteiger partial charge in [0.2, 0.25) is 11.8 Å². The van der Waals surface area contributed by atoms with E-state index in [1.807, 2.05) is 6.07 Å². The summed E-state index contributed by atoms with van der Waals surface area (Å²) in [5, 5.41) is 24.8. The van der Waals surface area contributed by atoms with E-state index in [0.29, 0.717) is 35.6 Å². The Bertz CT molecular complexity index is 1020. The van der Waals surface area contributed by atoms with Crippen LogP contribution in [0.15, 0.2) is 24.7 Å². The standard InChI is InChI=1S/C21H25N7O3/c1-12(20(30)28(3)4)26-15-5-13(9-23-16(15)8-22)17-10-25-18(11-24-17)27-19(29)14-6-21(2,31)7-14/h5,9-12,14,26,31H,6-7H2,1-4H3,(H,25,27,29)/t12-,14?,21?/m0/s1. The maximum Gasteiger partial charge on any atom is 0.244 e. The van der Waals surface area contributed by atoms with Gasteiger partial charge in [0.05, 0.1) is 29.4 Å². The Morgan fingerprint density at radius 1 is 1.26 bits per heavy atom. The number of pyridine rings is 1. The second kappa shape index (κ2) is 8.65. The van der Waals surface area contributed by atoms with Gasteiger partial charge in [0, 0.05) is 31.8 Å². The van der Waals surface area contributed by atoms with Gasteiger partial charge in [0.1, 0.15) is 12.1 Å². The first-order chi connectivity index (χ1) is 14.6. The minimum absolute atomic E-state index is 0.137. The van der Waals surface area contributed by atoms with Gasteiger partial charge in [0.15, 0.2) is 11.5 Å². The monoisotopic (exact) mass is 423 g/mol. The Kier molecular flexibility index (Phi) is 6.17. The van der Waals surface area contributed by atoms with Gasteiger partial charge >= 0.3 is 0 Å². The number of hydrogen-bond donors (Lipinski definition) is 3. The van der Waals surface area contributed by atoms with E-state index in [9.17, 15) is 20.0 Å². The van der Waals surface area contributed by atoms with E-state index in [-0.39, 0.29) is 23.4 Å². The molecule has 1 aliphatic rings. The largest absolute Gasteiger partial charge is 0.390 e. The number of amides is 2. The van der Waals surface area contributed by atoms with Gasteiger partial charge in [-0.05, 0) is 32.8 Å². The van der Waals surface area contributed by atoms with Gasteiger partial charge in [-0.2, -0.15) is 5.26 Å². The molecule has 0 saturated heterocycles. The highest BCUT2D eigenvalue weighted by molar-refractivity contribution is 5.92. The quantitative estimate of drug-likeness (QED) is 0.632. The van der Waals surface area contributed by atoms with Crippen molar-refractivity contribution in [2.75, 3.05) is 24.7 Å². The first-order valence-corrected chi connectivity index (χ1v) is 9.83. The van der Waals surface area contributed by atoms with Crippen molar-refractivity contribution in [2.45, 2.75) is 38.3 Å². The SMILES string of the molecule is C[C@H](Nc1cc(-c2cnc(NC(=O)C3CC(C)(O)C3)cn2)cnc1C#N)C(=O)N(C)C. The minimum atomic E-state index is -0.777. The molecule has 2 amide bonds. The summed E-state index contributed by atoms with van der Waals surface area (Å²) in [4.78, 5) is 38.5. The lowest BCUT2D eigenvalue weighted by atomic mass is 9.72. The van der Waals surface area contributed by atoms with Crippen molar-refractivity contribution in [2.24, 2.45) is 5.92 Å². The number of nitriles is 1. The van der Waals surface area contributed by atoms with Gasteiger partial charge in [-0.1, -0.05) is 0 Å². The molecule has 3 rings (SSSR count). The molecule has 1 fully saturated rings. The van der Waals surface area contributed by atoms with Gasteiger partial charge in [-0.15, -0.1) is 0 Å². The molecule has 1 saturated carbocycles. The van der Waals surface area contributed by atoms with Crippen molar-refractivity contribution in [3.05, 3.63) is 30.4 Å². The molecular formula is C21H25N7O3. The minimum Gasteiger partial charge on any atom is -0.390 e. The van der Waals surface area contributed by atoms with E-state index in [1.54, 1.807) is 34.0 Å². The molecular weight excluding hydrogens is 398 g/mol. The van der Waals surface area contributed by atoms with Gasteiger partial charge in [-0.25, -0.2) is 9.97 Å². The van der Waals surface area contributed by atoms with Crippen LogP contribution in [0.3, 0.4) is 0 Å². The number of aliphatic hydroxyl groups is 1. The van der Waals surface area contributed by atoms with Crippen molar-refractivity contribution < 1.29 is 14.7 Å². The summed E-state index contributed by atoms with van der Waals surface area (Å²) >= 11 is 0. The average Bonchev–Trinajstić information content (AvgIpc) is 2.71. The molecule has 0 bridgehead atoms. The van der Waals surface area contributed by atoms with Crippen LogP contribution in [-0.4, -0.2) is 62.5 Å². The zero-order chi connectivity index (χ0) is 22.8. The van der Waals surface area contributed by atoms with E-state index in [1.165, 1.54) is 23.5 Å². The fourth-order valence-electron chi connectivity index (χ4n) is 3.44. The van der Waals surface area contributed by atoms with Crippen molar-refractivity contribution in [3.63, 3.8) is 0 Å². The lowest BCUT2D eigenvalue weighted by molar-refractivity contribution is -0.133. The van der Waals surface area contributed by atoms with Crippen LogP contribution < -0.4 is 10.6 Å². The molecule has 0 unspecified atom stereocenters. The average molecular weight is 423 g/mol. The Labute approximate surface area is 180 Å². The summed E-state index contributed by atoms with van der Waals surface area (Å²) < 4.78 is 0. The van der Waals surface area contributed by atoms with E-state index < -0.39 is 11.6 Å². The number of rotatable bonds is 6. The van der Waals surface area contributed by atoms with Crippen molar-refractivity contribution >= 4 is 23.3 Å². The van der Waals surface area contributed by atoms with Crippen LogP contribution >= 0.6 is 0 Å². The van der Waals surface area contributed by atoms with E-state index in [2.05, 4.69) is 25.6 Å². The molecule has 3 N–H and O–H groups in total. The van der Waals surface area contributed by atoms with Crippen molar-refractivity contribution in [3.8, 4) is 17.3 Å². The second-order valence-electron chi connectivity index (χ2n) is 8.21. The molecule has 10 heteroatoms. The molecule has 2 aromatic rings. The number of anilines is 2. The van der Waals surface area contributed by atoms with Crippen LogP contribution in [-0.2, 0) is 9.59 Å². The van der Waals surface area contributed by atoms with Crippen LogP contribution in [0.2, 0.25) is 0 Å². The highest BCUT2D eigenvalue weighted by Crippen LogP contribution is 2.37. The summed E-state index contributed by atoms with van der Waals surface area (Å²) in [5.41, 5.74) is 0.900. The van der Waals surface area contributed by atoms with E-state index in [4.69, 9.17) is 0 Å². The van der Waals surface area contributed by atoms with Crippen molar-refractivity contribution in [1.82, 2.24) is 19.9 Å². The number of nitrogens with one attached hydrogen (secondary N) is 2. The van der Waals surface area contributed by atoms with Crippen LogP contribution in [0.25, 0.3) is 11.3 Å². The Morgan fingerprint density at radius 3 is 2.52 bits per heavy atom. The number of likely N-dealkylation sites (N-methyl/N-ethyl adjacent to an activating group) is 1. The summed E-state index contributed by atoms with van der Waals surface area (Å²) in [6.45, 7) is 3.41. The second-order valence-corrected chi connectivity index (χ2v) is 8.21. The molecule has 0 aliphatic heterocycles. The third-order valence-corrected chi connectivity index (χ3v) is 5.12. The summed E-state index contributed by atoms with van der Waals surface area (Å²) in [5.74, 6) is -0.257. The smallest absolute Gasteiger partial charge is 0.244 e. The molecule has 0 radical (unpaired) electrons. The molecule has 10 nitrogen and oxygen atoms in total. The van der Waals surface area contributed by atoms with Crippen LogP contribution in [0, 0.1) is 17.2 Å². The fraction of sp³-hybridized carbons (Fsp3) is 0.429. The van der Waals surface area contributed by atoms with E-state index >= 15 is 0 Å². The first kappa shape index (κ1) is 22.1. The highest BCUT2D eigenvalue weighted by Gasteiger charge is 2.42. The topological polar surface area (TPSA) is 144 Å². The summed E-state index contributed by atoms with van der Waals surface area (Å²) in [6, 6.07) is 3.14. The predicted molar refractivity (Wildman–Crippen MR) is 114 cm³/mol. The zero-order valence-corrected chi connectivity index (χ0v) is 17.9. The number of nitrogens with zero attached hydrogens (tertiary/aromatic N) is 5. The molecule has 1 atom stereocenters. The lowest BCUT2D eigenvalue weighted by Crippen LogP contribution is -2.46. The predicted octanol–water partition coefficient (Wildman–Crippen LogP) is 1.40. The first-order valence-electron chi connectivity index (χ1n) is 9.83. The molecule has 2 heterocycles. The maximum absolute atomic E-state index is 12.2. The number of carbonyl (C=O) groups excluding carboxylic acids is 2. The normalized spacial score (nSPS) is 20.7. The molecule has 31 heavy (non-hydrogen) atoms. The van der Waals surface area contributed by atoms with Gasteiger partial charge in [0.25, 0.3) is 0 Å². The molecule has 0 spiro atoms. The molecule has 0 aromatic carbocycles. The zero-order valence-electron chi connectivity index (χ0n) is 17.9. The van der Waals surface area contributed by atoms with Gasteiger partial charge in [-0.3, -0.25) is 14.6 Å². The van der Waals surface area contributed by atoms with E-state index in [0.717, 1.165) is 0 Å². The summed E-state index contributed by atoms with van der Waals surface area (Å²) in [6.07, 6.45) is 5.28. The maximum atomic E-state index is 12.2.